The molecule has 4 N–H and O–H groups in total. The van der Waals surface area contributed by atoms with Crippen molar-refractivity contribution in [3.05, 3.63) is 70.8 Å². The van der Waals surface area contributed by atoms with E-state index in [-0.39, 0.29) is 44.8 Å². The molecule has 0 aliphatic heterocycles. The highest BCUT2D eigenvalue weighted by atomic mass is 16.3. The Morgan fingerprint density at radius 3 is 1.37 bits per heavy atom. The van der Waals surface area contributed by atoms with E-state index in [2.05, 4.69) is 23.8 Å². The summed E-state index contributed by atoms with van der Waals surface area (Å²) >= 11 is 0. The molecule has 0 saturated heterocycles. The van der Waals surface area contributed by atoms with Gasteiger partial charge in [0.2, 0.25) is 5.78 Å². The highest BCUT2D eigenvalue weighted by molar-refractivity contribution is 6.34. The maximum absolute atomic E-state index is 13.4. The lowest BCUT2D eigenvalue weighted by molar-refractivity contribution is -0.113. The summed E-state index contributed by atoms with van der Waals surface area (Å²) in [6, 6.07) is 4.87. The first-order valence-corrected chi connectivity index (χ1v) is 8.79. The molecule has 0 heterocycles. The Morgan fingerprint density at radius 2 is 1.03 bits per heavy atom. The van der Waals surface area contributed by atoms with Gasteiger partial charge in [-0.3, -0.25) is 19.2 Å². The molecule has 8 heteroatoms. The number of hydrogen-bond acceptors (Lipinski definition) is 6. The average Bonchev–Trinajstić information content (AvgIpc) is 2.68. The Kier molecular flexibility index (Phi) is 5.01. The van der Waals surface area contributed by atoms with Gasteiger partial charge < -0.3 is 20.8 Å². The van der Waals surface area contributed by atoms with E-state index in [9.17, 15) is 29.4 Å². The molecule has 0 spiro atoms. The zero-order valence-electron chi connectivity index (χ0n) is 16.3. The third-order valence-corrected chi connectivity index (χ3v) is 4.55. The summed E-state index contributed by atoms with van der Waals surface area (Å²) in [6.45, 7) is 9.98. The van der Waals surface area contributed by atoms with E-state index in [1.54, 1.807) is 0 Å². The van der Waals surface area contributed by atoms with Crippen LogP contribution in [0.25, 0.3) is 0 Å². The number of benzene rings is 2. The van der Waals surface area contributed by atoms with Gasteiger partial charge in [-0.2, -0.15) is 0 Å². The summed E-state index contributed by atoms with van der Waals surface area (Å²) in [5, 5.41) is 25.5. The zero-order chi connectivity index (χ0) is 22.3. The molecular formula is C22H18N2O6. The summed E-state index contributed by atoms with van der Waals surface area (Å²) < 4.78 is 0. The minimum Gasteiger partial charge on any atom is -0.507 e. The van der Waals surface area contributed by atoms with Crippen molar-refractivity contribution in [1.82, 2.24) is 0 Å². The van der Waals surface area contributed by atoms with Gasteiger partial charge in [0.25, 0.3) is 11.8 Å². The molecule has 0 bridgehead atoms. The molecule has 0 unspecified atom stereocenters. The largest absolute Gasteiger partial charge is 0.507 e. The minimum atomic E-state index is -0.826. The normalized spacial score (nSPS) is 11.9. The molecule has 1 aliphatic carbocycles. The number of hydrogen-bond donors (Lipinski definition) is 4. The minimum absolute atomic E-state index is 0.0136. The molecule has 3 rings (SSSR count). The van der Waals surface area contributed by atoms with Gasteiger partial charge in [-0.05, 0) is 38.1 Å². The predicted molar refractivity (Wildman–Crippen MR) is 110 cm³/mol. The molecule has 0 fully saturated rings. The summed E-state index contributed by atoms with van der Waals surface area (Å²) in [6.07, 6.45) is 0. The van der Waals surface area contributed by atoms with Gasteiger partial charge in [-0.15, -0.1) is 0 Å². The van der Waals surface area contributed by atoms with Crippen molar-refractivity contribution in [3.63, 3.8) is 0 Å². The quantitative estimate of drug-likeness (QED) is 0.389. The summed E-state index contributed by atoms with van der Waals surface area (Å²) in [5.41, 5.74) is -0.910. The van der Waals surface area contributed by atoms with Crippen LogP contribution in [0.2, 0.25) is 0 Å². The highest BCUT2D eigenvalue weighted by Crippen LogP contribution is 2.42. The van der Waals surface area contributed by atoms with E-state index in [4.69, 9.17) is 0 Å². The van der Waals surface area contributed by atoms with Crippen molar-refractivity contribution >= 4 is 34.8 Å². The first kappa shape index (κ1) is 20.5. The average molecular weight is 406 g/mol. The molecule has 30 heavy (non-hydrogen) atoms. The maximum atomic E-state index is 13.4. The topological polar surface area (TPSA) is 133 Å². The Labute approximate surface area is 171 Å². The fourth-order valence-electron chi connectivity index (χ4n) is 3.03. The Bertz CT molecular complexity index is 1100. The zero-order valence-corrected chi connectivity index (χ0v) is 16.3. The fraction of sp³-hybridized carbons (Fsp3) is 0.0909. The van der Waals surface area contributed by atoms with Crippen molar-refractivity contribution in [2.75, 3.05) is 10.6 Å². The molecular weight excluding hydrogens is 388 g/mol. The molecule has 8 nitrogen and oxygen atoms in total. The third-order valence-electron chi connectivity index (χ3n) is 4.55. The first-order chi connectivity index (χ1) is 14.0. The first-order valence-electron chi connectivity index (χ1n) is 8.79. The lowest BCUT2D eigenvalue weighted by Crippen LogP contribution is -2.26. The second-order valence-electron chi connectivity index (χ2n) is 6.89. The number of carbonyl (C=O) groups is 4. The van der Waals surface area contributed by atoms with Gasteiger partial charge in [0.05, 0.1) is 33.6 Å². The monoisotopic (exact) mass is 406 g/mol. The summed E-state index contributed by atoms with van der Waals surface area (Å²) in [7, 11) is 0. The lowest BCUT2D eigenvalue weighted by Gasteiger charge is -2.24. The Hall–Kier alpha value is -4.20. The molecule has 0 atom stereocenters. The molecule has 152 valence electrons. The van der Waals surface area contributed by atoms with Gasteiger partial charge in [-0.25, -0.2) is 0 Å². The van der Waals surface area contributed by atoms with Gasteiger partial charge in [0.15, 0.2) is 5.78 Å². The van der Waals surface area contributed by atoms with E-state index in [0.29, 0.717) is 0 Å². The molecule has 2 aromatic carbocycles. The van der Waals surface area contributed by atoms with Crippen molar-refractivity contribution < 1.29 is 29.4 Å². The van der Waals surface area contributed by atoms with E-state index in [1.807, 2.05) is 0 Å². The van der Waals surface area contributed by atoms with E-state index in [1.165, 1.54) is 26.0 Å². The van der Waals surface area contributed by atoms with Gasteiger partial charge in [0.1, 0.15) is 11.5 Å². The SMILES string of the molecule is C=C(C)C(=O)Nc1ccc(O)c2c1C(=O)c1c(NC(=O)C(=C)C)ccc(O)c1C2=O. The number of phenols is 2. The predicted octanol–water partition coefficient (Wildman–Crippen LogP) is 2.90. The molecule has 2 aromatic rings. The number of phenolic OH excluding ortho intramolecular Hbond substituents is 2. The van der Waals surface area contributed by atoms with Crippen LogP contribution in [0.5, 0.6) is 11.5 Å². The van der Waals surface area contributed by atoms with Crippen LogP contribution in [0, 0.1) is 0 Å². The molecule has 0 aromatic heterocycles. The summed E-state index contributed by atoms with van der Waals surface area (Å²) in [4.78, 5) is 50.7. The van der Waals surface area contributed by atoms with Crippen molar-refractivity contribution in [2.45, 2.75) is 13.8 Å². The van der Waals surface area contributed by atoms with Crippen LogP contribution in [0.4, 0.5) is 11.4 Å². The van der Waals surface area contributed by atoms with E-state index < -0.39 is 34.9 Å². The number of rotatable bonds is 4. The third kappa shape index (κ3) is 3.24. The second-order valence-corrected chi connectivity index (χ2v) is 6.89. The number of carbonyl (C=O) groups excluding carboxylic acids is 4. The fourth-order valence-corrected chi connectivity index (χ4v) is 3.03. The molecule has 1 aliphatic rings. The Balaban J connectivity index is 2.26. The van der Waals surface area contributed by atoms with Crippen LogP contribution < -0.4 is 10.6 Å². The Morgan fingerprint density at radius 1 is 0.700 bits per heavy atom. The van der Waals surface area contributed by atoms with Crippen LogP contribution in [-0.4, -0.2) is 33.6 Å². The van der Waals surface area contributed by atoms with Crippen molar-refractivity contribution in [2.24, 2.45) is 0 Å². The maximum Gasteiger partial charge on any atom is 0.250 e. The van der Waals surface area contributed by atoms with Crippen LogP contribution >= 0.6 is 0 Å². The molecule has 0 saturated carbocycles. The van der Waals surface area contributed by atoms with Gasteiger partial charge in [-0.1, -0.05) is 13.2 Å². The number of nitrogens with one attached hydrogen (secondary N) is 2. The van der Waals surface area contributed by atoms with Crippen LogP contribution in [0.1, 0.15) is 45.7 Å². The van der Waals surface area contributed by atoms with Gasteiger partial charge >= 0.3 is 0 Å². The standard InChI is InChI=1S/C22H18N2O6/c1-9(2)21(29)23-11-5-7-13(25)17-15(11)19(27)16-12(24-22(30)10(3)4)6-8-14(26)18(16)20(17)28/h5-8,25-26H,1,3H2,2,4H3,(H,23,29)(H,24,30). The number of fused-ring (bicyclic) bond motifs is 2. The van der Waals surface area contributed by atoms with Crippen molar-refractivity contribution in [3.8, 4) is 11.5 Å². The van der Waals surface area contributed by atoms with E-state index in [0.717, 1.165) is 12.1 Å². The number of anilines is 2. The summed E-state index contributed by atoms with van der Waals surface area (Å²) in [5.74, 6) is -3.73. The lowest BCUT2D eigenvalue weighted by atomic mass is 9.81. The van der Waals surface area contributed by atoms with Crippen LogP contribution in [0.15, 0.2) is 48.6 Å². The number of ketones is 2. The number of aromatic hydroxyl groups is 2. The highest BCUT2D eigenvalue weighted by Gasteiger charge is 2.38. The second kappa shape index (κ2) is 7.32. The van der Waals surface area contributed by atoms with Crippen LogP contribution in [-0.2, 0) is 9.59 Å². The van der Waals surface area contributed by atoms with Crippen LogP contribution in [0.3, 0.4) is 0 Å². The molecule has 0 radical (unpaired) electrons. The van der Waals surface area contributed by atoms with Gasteiger partial charge in [0, 0.05) is 11.1 Å². The number of amides is 2. The van der Waals surface area contributed by atoms with E-state index >= 15 is 0 Å². The smallest absolute Gasteiger partial charge is 0.250 e. The molecule has 2 amide bonds. The van der Waals surface area contributed by atoms with Crippen molar-refractivity contribution in [1.29, 1.82) is 0 Å².